The molecule has 2 aromatic carbocycles. The van der Waals surface area contributed by atoms with Crippen molar-refractivity contribution in [2.75, 3.05) is 29.9 Å². The molecule has 0 heterocycles. The van der Waals surface area contributed by atoms with Gasteiger partial charge in [-0.1, -0.05) is 6.07 Å². The minimum absolute atomic E-state index is 0.317. The number of ether oxygens (including phenoxy) is 1. The number of nitrogens with zero attached hydrogens (tertiary/aromatic N) is 1. The SMILES string of the molecule is CCN(CC)c1ccc(C(=O)OCC(=O)Nc2ccc(C)c(F)c2)cc1. The van der Waals surface area contributed by atoms with Gasteiger partial charge in [0.25, 0.3) is 5.91 Å². The Bertz CT molecular complexity index is 771. The molecule has 5 nitrogen and oxygen atoms in total. The second-order valence-electron chi connectivity index (χ2n) is 5.81. The maximum absolute atomic E-state index is 13.5. The molecule has 0 aliphatic carbocycles. The molecule has 1 N–H and O–H groups in total. The van der Waals surface area contributed by atoms with E-state index in [0.29, 0.717) is 16.8 Å². The van der Waals surface area contributed by atoms with Gasteiger partial charge < -0.3 is 15.0 Å². The molecule has 2 aromatic rings. The van der Waals surface area contributed by atoms with E-state index in [1.54, 1.807) is 31.2 Å². The molecule has 0 bridgehead atoms. The molecule has 0 aliphatic rings. The van der Waals surface area contributed by atoms with Crippen molar-refractivity contribution in [1.29, 1.82) is 0 Å². The first-order chi connectivity index (χ1) is 12.4. The van der Waals surface area contributed by atoms with Crippen LogP contribution in [0.3, 0.4) is 0 Å². The third kappa shape index (κ3) is 5.05. The van der Waals surface area contributed by atoms with Crippen molar-refractivity contribution in [1.82, 2.24) is 0 Å². The summed E-state index contributed by atoms with van der Waals surface area (Å²) in [5.74, 6) is -1.52. The molecule has 0 aliphatic heterocycles. The summed E-state index contributed by atoms with van der Waals surface area (Å²) in [5.41, 5.74) is 2.20. The molecule has 6 heteroatoms. The van der Waals surface area contributed by atoms with Crippen LogP contribution in [0.15, 0.2) is 42.5 Å². The number of aryl methyl sites for hydroxylation is 1. The lowest BCUT2D eigenvalue weighted by atomic mass is 10.2. The Morgan fingerprint density at radius 1 is 1.08 bits per heavy atom. The van der Waals surface area contributed by atoms with E-state index in [1.165, 1.54) is 6.07 Å². The molecule has 0 saturated carbocycles. The lowest BCUT2D eigenvalue weighted by molar-refractivity contribution is -0.119. The summed E-state index contributed by atoms with van der Waals surface area (Å²) in [6.45, 7) is 7.06. The summed E-state index contributed by atoms with van der Waals surface area (Å²) in [4.78, 5) is 26.0. The lowest BCUT2D eigenvalue weighted by Crippen LogP contribution is -2.22. The summed E-state index contributed by atoms with van der Waals surface area (Å²) >= 11 is 0. The number of hydrogen-bond acceptors (Lipinski definition) is 4. The van der Waals surface area contributed by atoms with Crippen molar-refractivity contribution in [2.24, 2.45) is 0 Å². The van der Waals surface area contributed by atoms with Crippen molar-refractivity contribution < 1.29 is 18.7 Å². The van der Waals surface area contributed by atoms with Crippen molar-refractivity contribution in [3.05, 3.63) is 59.4 Å². The third-order valence-corrected chi connectivity index (χ3v) is 4.02. The van der Waals surface area contributed by atoms with Crippen LogP contribution in [0.4, 0.5) is 15.8 Å². The van der Waals surface area contributed by atoms with E-state index < -0.39 is 24.3 Å². The normalized spacial score (nSPS) is 10.3. The number of benzene rings is 2. The number of esters is 1. The molecular formula is C20H23FN2O3. The summed E-state index contributed by atoms with van der Waals surface area (Å²) in [7, 11) is 0. The predicted molar refractivity (Wildman–Crippen MR) is 100 cm³/mol. The van der Waals surface area contributed by atoms with Gasteiger partial charge >= 0.3 is 5.97 Å². The Morgan fingerprint density at radius 3 is 2.31 bits per heavy atom. The van der Waals surface area contributed by atoms with Gasteiger partial charge in [0.2, 0.25) is 0 Å². The fourth-order valence-electron chi connectivity index (χ4n) is 2.48. The number of nitrogens with one attached hydrogen (secondary N) is 1. The van der Waals surface area contributed by atoms with E-state index in [2.05, 4.69) is 24.1 Å². The van der Waals surface area contributed by atoms with Crippen LogP contribution in [-0.4, -0.2) is 31.6 Å². The first kappa shape index (κ1) is 19.4. The smallest absolute Gasteiger partial charge is 0.338 e. The fourth-order valence-corrected chi connectivity index (χ4v) is 2.48. The zero-order chi connectivity index (χ0) is 19.1. The minimum atomic E-state index is -0.582. The molecule has 0 saturated heterocycles. The number of rotatable bonds is 7. The number of halogens is 1. The van der Waals surface area contributed by atoms with Crippen LogP contribution in [0.1, 0.15) is 29.8 Å². The molecule has 0 radical (unpaired) electrons. The van der Waals surface area contributed by atoms with E-state index in [1.807, 2.05) is 12.1 Å². The molecule has 0 atom stereocenters. The molecule has 0 spiro atoms. The van der Waals surface area contributed by atoms with Crippen molar-refractivity contribution in [3.8, 4) is 0 Å². The Morgan fingerprint density at radius 2 is 1.73 bits per heavy atom. The minimum Gasteiger partial charge on any atom is -0.452 e. The second kappa shape index (κ2) is 8.99. The van der Waals surface area contributed by atoms with Crippen molar-refractivity contribution in [2.45, 2.75) is 20.8 Å². The average Bonchev–Trinajstić information content (AvgIpc) is 2.64. The Hall–Kier alpha value is -2.89. The summed E-state index contributed by atoms with van der Waals surface area (Å²) in [6, 6.07) is 11.4. The van der Waals surface area contributed by atoms with Gasteiger partial charge in [-0.15, -0.1) is 0 Å². The van der Waals surface area contributed by atoms with Gasteiger partial charge in [0.15, 0.2) is 6.61 Å². The molecule has 138 valence electrons. The Labute approximate surface area is 152 Å². The van der Waals surface area contributed by atoms with Crippen LogP contribution in [-0.2, 0) is 9.53 Å². The molecule has 0 fully saturated rings. The second-order valence-corrected chi connectivity index (χ2v) is 5.81. The van der Waals surface area contributed by atoms with Crippen LogP contribution in [0.25, 0.3) is 0 Å². The van der Waals surface area contributed by atoms with E-state index in [0.717, 1.165) is 18.8 Å². The van der Waals surface area contributed by atoms with Gasteiger partial charge in [0.1, 0.15) is 5.82 Å². The van der Waals surface area contributed by atoms with Crippen LogP contribution >= 0.6 is 0 Å². The molecule has 1 amide bonds. The number of anilines is 2. The highest BCUT2D eigenvalue weighted by Crippen LogP contribution is 2.16. The first-order valence-electron chi connectivity index (χ1n) is 8.52. The highest BCUT2D eigenvalue weighted by atomic mass is 19.1. The van der Waals surface area contributed by atoms with Gasteiger partial charge in [-0.2, -0.15) is 0 Å². The highest BCUT2D eigenvalue weighted by Gasteiger charge is 2.12. The van der Waals surface area contributed by atoms with Crippen LogP contribution < -0.4 is 10.2 Å². The Kier molecular flexibility index (Phi) is 6.72. The van der Waals surface area contributed by atoms with E-state index in [4.69, 9.17) is 4.74 Å². The van der Waals surface area contributed by atoms with E-state index >= 15 is 0 Å². The van der Waals surface area contributed by atoms with E-state index in [-0.39, 0.29) is 0 Å². The predicted octanol–water partition coefficient (Wildman–Crippen LogP) is 3.78. The molecule has 0 unspecified atom stereocenters. The van der Waals surface area contributed by atoms with Crippen LogP contribution in [0, 0.1) is 12.7 Å². The summed E-state index contributed by atoms with van der Waals surface area (Å²) < 4.78 is 18.5. The lowest BCUT2D eigenvalue weighted by Gasteiger charge is -2.20. The molecular weight excluding hydrogens is 335 g/mol. The first-order valence-corrected chi connectivity index (χ1v) is 8.52. The monoisotopic (exact) mass is 358 g/mol. The van der Waals surface area contributed by atoms with Crippen molar-refractivity contribution in [3.63, 3.8) is 0 Å². The van der Waals surface area contributed by atoms with Crippen molar-refractivity contribution >= 4 is 23.3 Å². The van der Waals surface area contributed by atoms with Crippen LogP contribution in [0.2, 0.25) is 0 Å². The molecule has 2 rings (SSSR count). The quantitative estimate of drug-likeness (QED) is 0.766. The summed E-state index contributed by atoms with van der Waals surface area (Å²) in [5, 5.41) is 2.49. The number of hydrogen-bond donors (Lipinski definition) is 1. The Balaban J connectivity index is 1.89. The van der Waals surface area contributed by atoms with Gasteiger partial charge in [-0.3, -0.25) is 4.79 Å². The average molecular weight is 358 g/mol. The fraction of sp³-hybridized carbons (Fsp3) is 0.300. The zero-order valence-electron chi connectivity index (χ0n) is 15.2. The third-order valence-electron chi connectivity index (χ3n) is 4.02. The highest BCUT2D eigenvalue weighted by molar-refractivity contribution is 5.95. The zero-order valence-corrected chi connectivity index (χ0v) is 15.2. The largest absolute Gasteiger partial charge is 0.452 e. The maximum Gasteiger partial charge on any atom is 0.338 e. The number of carbonyl (C=O) groups is 2. The van der Waals surface area contributed by atoms with Gasteiger partial charge in [-0.05, 0) is 62.7 Å². The van der Waals surface area contributed by atoms with E-state index in [9.17, 15) is 14.0 Å². The summed E-state index contributed by atoms with van der Waals surface area (Å²) in [6.07, 6.45) is 0. The number of amides is 1. The molecule has 0 aromatic heterocycles. The van der Waals surface area contributed by atoms with Gasteiger partial charge in [0, 0.05) is 24.5 Å². The number of carbonyl (C=O) groups excluding carboxylic acids is 2. The van der Waals surface area contributed by atoms with Crippen LogP contribution in [0.5, 0.6) is 0 Å². The topological polar surface area (TPSA) is 58.6 Å². The standard InChI is InChI=1S/C20H23FN2O3/c1-4-23(5-2)17-10-7-15(8-11-17)20(25)26-13-19(24)22-16-9-6-14(3)18(21)12-16/h6-12H,4-5,13H2,1-3H3,(H,22,24). The van der Waals surface area contributed by atoms with Gasteiger partial charge in [-0.25, -0.2) is 9.18 Å². The maximum atomic E-state index is 13.5. The van der Waals surface area contributed by atoms with Gasteiger partial charge in [0.05, 0.1) is 5.56 Å². The molecule has 26 heavy (non-hydrogen) atoms.